The second-order valence-corrected chi connectivity index (χ2v) is 7.27. The second kappa shape index (κ2) is 7.56. The summed E-state index contributed by atoms with van der Waals surface area (Å²) in [6, 6.07) is 17.3. The topological polar surface area (TPSA) is 12.0 Å². The van der Waals surface area contributed by atoms with Crippen LogP contribution < -0.4 is 5.32 Å². The van der Waals surface area contributed by atoms with Gasteiger partial charge in [0, 0.05) is 18.2 Å². The Morgan fingerprint density at radius 1 is 0.862 bits per heavy atom. The molecule has 1 nitrogen and oxygen atoms in total. The van der Waals surface area contributed by atoms with Gasteiger partial charge in [-0.2, -0.15) is 13.2 Å². The van der Waals surface area contributed by atoms with Crippen LogP contribution in [0.5, 0.6) is 0 Å². The van der Waals surface area contributed by atoms with Crippen LogP contribution >= 0.6 is 11.6 Å². The van der Waals surface area contributed by atoms with Crippen LogP contribution in [0.3, 0.4) is 0 Å². The van der Waals surface area contributed by atoms with Crippen molar-refractivity contribution >= 4 is 17.3 Å². The summed E-state index contributed by atoms with van der Waals surface area (Å²) in [6.45, 7) is 0.611. The number of alkyl halides is 3. The van der Waals surface area contributed by atoms with Crippen molar-refractivity contribution in [2.45, 2.75) is 12.1 Å². The summed E-state index contributed by atoms with van der Waals surface area (Å²) in [4.78, 5) is 0. The number of hydrogen-bond donors (Lipinski definition) is 1. The molecule has 1 unspecified atom stereocenters. The Hall–Kier alpha value is -2.79. The first-order chi connectivity index (χ1) is 13.8. The predicted molar refractivity (Wildman–Crippen MR) is 107 cm³/mol. The van der Waals surface area contributed by atoms with E-state index in [1.54, 1.807) is 12.1 Å². The van der Waals surface area contributed by atoms with Crippen LogP contribution in [-0.2, 0) is 6.18 Å². The fourth-order valence-electron chi connectivity index (χ4n) is 3.45. The van der Waals surface area contributed by atoms with Crippen LogP contribution in [0.25, 0.3) is 16.8 Å². The summed E-state index contributed by atoms with van der Waals surface area (Å²) in [7, 11) is 0. The molecule has 0 saturated heterocycles. The summed E-state index contributed by atoms with van der Waals surface area (Å²) in [5, 5.41) is 3.55. The fourth-order valence-corrected chi connectivity index (χ4v) is 3.72. The highest BCUT2D eigenvalue weighted by molar-refractivity contribution is 6.32. The van der Waals surface area contributed by atoms with Crippen molar-refractivity contribution in [3.63, 3.8) is 0 Å². The lowest BCUT2D eigenvalue weighted by Crippen LogP contribution is -2.11. The molecular weight excluding hydrogens is 402 g/mol. The number of halogens is 5. The Balaban J connectivity index is 1.55. The van der Waals surface area contributed by atoms with E-state index in [0.29, 0.717) is 28.4 Å². The van der Waals surface area contributed by atoms with Gasteiger partial charge in [-0.15, -0.1) is 0 Å². The van der Waals surface area contributed by atoms with Crippen LogP contribution in [0.1, 0.15) is 22.6 Å². The molecular formula is C23H16ClF4N. The average Bonchev–Trinajstić information content (AvgIpc) is 3.17. The molecule has 1 aliphatic rings. The van der Waals surface area contributed by atoms with E-state index in [-0.39, 0.29) is 11.7 Å². The van der Waals surface area contributed by atoms with E-state index < -0.39 is 11.7 Å². The monoisotopic (exact) mass is 417 g/mol. The Labute approximate surface area is 170 Å². The third-order valence-corrected chi connectivity index (χ3v) is 5.31. The largest absolute Gasteiger partial charge is 0.416 e. The third-order valence-electron chi connectivity index (χ3n) is 5.00. The van der Waals surface area contributed by atoms with Gasteiger partial charge in [-0.3, -0.25) is 0 Å². The Morgan fingerprint density at radius 2 is 1.48 bits per heavy atom. The van der Waals surface area contributed by atoms with E-state index >= 15 is 0 Å². The molecule has 6 heteroatoms. The number of nitrogens with one attached hydrogen (secondary N) is 1. The third kappa shape index (κ3) is 4.01. The Bertz CT molecular complexity index is 1030. The van der Waals surface area contributed by atoms with Gasteiger partial charge in [0.15, 0.2) is 0 Å². The lowest BCUT2D eigenvalue weighted by Gasteiger charge is -2.10. The zero-order valence-corrected chi connectivity index (χ0v) is 15.9. The number of hydrogen-bond acceptors (Lipinski definition) is 1. The summed E-state index contributed by atoms with van der Waals surface area (Å²) >= 11 is 6.14. The van der Waals surface area contributed by atoms with Gasteiger partial charge in [0.2, 0.25) is 0 Å². The molecule has 0 spiro atoms. The summed E-state index contributed by atoms with van der Waals surface area (Å²) in [5.41, 5.74) is 2.91. The van der Waals surface area contributed by atoms with Gasteiger partial charge < -0.3 is 5.32 Å². The molecule has 0 amide bonds. The SMILES string of the molecule is Fc1cccc(Cl)c1C1=CC(c2ccc(-c3ccc(C(F)(F)F)cc3)cc2)CN1. The van der Waals surface area contributed by atoms with E-state index in [1.807, 2.05) is 30.3 Å². The average molecular weight is 418 g/mol. The summed E-state index contributed by atoms with van der Waals surface area (Å²) < 4.78 is 52.3. The van der Waals surface area contributed by atoms with Crippen molar-refractivity contribution in [1.82, 2.24) is 5.32 Å². The quantitative estimate of drug-likeness (QED) is 0.457. The normalized spacial score (nSPS) is 16.4. The molecule has 1 atom stereocenters. The van der Waals surface area contributed by atoms with Gasteiger partial charge >= 0.3 is 6.18 Å². The van der Waals surface area contributed by atoms with Crippen LogP contribution in [0.2, 0.25) is 5.02 Å². The van der Waals surface area contributed by atoms with E-state index in [9.17, 15) is 17.6 Å². The highest BCUT2D eigenvalue weighted by atomic mass is 35.5. The summed E-state index contributed by atoms with van der Waals surface area (Å²) in [6.07, 6.45) is -2.40. The van der Waals surface area contributed by atoms with Crippen molar-refractivity contribution in [2.24, 2.45) is 0 Å². The lowest BCUT2D eigenvalue weighted by atomic mass is 9.96. The maximum atomic E-state index is 14.1. The maximum Gasteiger partial charge on any atom is 0.416 e. The molecule has 1 heterocycles. The van der Waals surface area contributed by atoms with Crippen LogP contribution in [0.4, 0.5) is 17.6 Å². The van der Waals surface area contributed by atoms with Crippen molar-refractivity contribution < 1.29 is 17.6 Å². The van der Waals surface area contributed by atoms with E-state index in [0.717, 1.165) is 23.3 Å². The maximum absolute atomic E-state index is 14.1. The molecule has 148 valence electrons. The Morgan fingerprint density at radius 3 is 2.07 bits per heavy atom. The minimum absolute atomic E-state index is 0.0438. The van der Waals surface area contributed by atoms with Crippen molar-refractivity contribution in [3.05, 3.63) is 100 Å². The van der Waals surface area contributed by atoms with Gasteiger partial charge in [0.25, 0.3) is 0 Å². The minimum atomic E-state index is -4.34. The predicted octanol–water partition coefficient (Wildman–Crippen LogP) is 6.89. The highest BCUT2D eigenvalue weighted by Gasteiger charge is 2.30. The van der Waals surface area contributed by atoms with Gasteiger partial charge in [-0.25, -0.2) is 4.39 Å². The molecule has 29 heavy (non-hydrogen) atoms. The lowest BCUT2D eigenvalue weighted by molar-refractivity contribution is -0.137. The minimum Gasteiger partial charge on any atom is -0.384 e. The molecule has 0 saturated carbocycles. The van der Waals surface area contributed by atoms with Crippen LogP contribution in [-0.4, -0.2) is 6.54 Å². The van der Waals surface area contributed by atoms with Crippen LogP contribution in [0.15, 0.2) is 72.8 Å². The van der Waals surface area contributed by atoms with E-state index in [1.165, 1.54) is 18.2 Å². The number of rotatable bonds is 3. The molecule has 0 aliphatic carbocycles. The molecule has 0 bridgehead atoms. The molecule has 0 aromatic heterocycles. The van der Waals surface area contributed by atoms with Gasteiger partial charge in [0.05, 0.1) is 16.1 Å². The van der Waals surface area contributed by atoms with E-state index in [2.05, 4.69) is 5.32 Å². The van der Waals surface area contributed by atoms with Crippen molar-refractivity contribution in [1.29, 1.82) is 0 Å². The molecule has 0 fully saturated rings. The van der Waals surface area contributed by atoms with Crippen LogP contribution in [0, 0.1) is 5.82 Å². The zero-order valence-electron chi connectivity index (χ0n) is 15.1. The van der Waals surface area contributed by atoms with Crippen molar-refractivity contribution in [2.75, 3.05) is 6.54 Å². The molecule has 3 aromatic carbocycles. The first kappa shape index (κ1) is 19.5. The standard InChI is InChI=1S/C23H16ClF4N/c24-19-2-1-3-20(25)22(19)21-12-17(13-29-21)16-6-4-14(5-7-16)15-8-10-18(11-9-15)23(26,27)28/h1-12,17,29H,13H2. The first-order valence-corrected chi connectivity index (χ1v) is 9.38. The van der Waals surface area contributed by atoms with Gasteiger partial charge in [-0.05, 0) is 41.0 Å². The number of benzene rings is 3. The first-order valence-electron chi connectivity index (χ1n) is 9.00. The van der Waals surface area contributed by atoms with Gasteiger partial charge in [-0.1, -0.05) is 60.1 Å². The zero-order chi connectivity index (χ0) is 20.6. The fraction of sp³-hybridized carbons (Fsp3) is 0.130. The molecule has 3 aromatic rings. The van der Waals surface area contributed by atoms with E-state index in [4.69, 9.17) is 11.6 Å². The molecule has 4 rings (SSSR count). The van der Waals surface area contributed by atoms with Gasteiger partial charge in [0.1, 0.15) is 5.82 Å². The molecule has 1 aliphatic heterocycles. The smallest absolute Gasteiger partial charge is 0.384 e. The molecule has 0 radical (unpaired) electrons. The Kier molecular flexibility index (Phi) is 5.09. The second-order valence-electron chi connectivity index (χ2n) is 6.86. The summed E-state index contributed by atoms with van der Waals surface area (Å²) in [5.74, 6) is -0.336. The highest BCUT2D eigenvalue weighted by Crippen LogP contribution is 2.34. The molecule has 1 N–H and O–H groups in total. The van der Waals surface area contributed by atoms with Crippen molar-refractivity contribution in [3.8, 4) is 11.1 Å².